The summed E-state index contributed by atoms with van der Waals surface area (Å²) in [6.45, 7) is 2.42. The number of hydrogen-bond donors (Lipinski definition) is 1. The lowest BCUT2D eigenvalue weighted by Crippen LogP contribution is -2.40. The van der Waals surface area contributed by atoms with Crippen molar-refractivity contribution >= 4 is 5.95 Å². The average molecular weight is 379 g/mol. The maximum atomic E-state index is 5.64. The number of benzene rings is 2. The molecule has 0 bridgehead atoms. The number of nitrogens with one attached hydrogen (secondary N) is 1. The summed E-state index contributed by atoms with van der Waals surface area (Å²) in [7, 11) is 0. The highest BCUT2D eigenvalue weighted by atomic mass is 16.7. The molecule has 2 aliphatic rings. The van der Waals surface area contributed by atoms with Gasteiger partial charge in [0.15, 0.2) is 11.5 Å². The molecule has 144 valence electrons. The molecule has 2 aliphatic heterocycles. The minimum absolute atomic E-state index is 0.0906. The van der Waals surface area contributed by atoms with Gasteiger partial charge in [0.25, 0.3) is 0 Å². The van der Waals surface area contributed by atoms with Crippen LogP contribution in [0.15, 0.2) is 48.5 Å². The van der Waals surface area contributed by atoms with Crippen molar-refractivity contribution in [2.45, 2.75) is 18.3 Å². The average Bonchev–Trinajstić information content (AvgIpc) is 3.42. The van der Waals surface area contributed by atoms with Gasteiger partial charge in [-0.2, -0.15) is 4.68 Å². The Morgan fingerprint density at radius 1 is 1.00 bits per heavy atom. The molecule has 5 rings (SSSR count). The number of ether oxygens (including phenoxy) is 3. The van der Waals surface area contributed by atoms with Crippen LogP contribution in [0.25, 0.3) is 5.69 Å². The van der Waals surface area contributed by atoms with Crippen molar-refractivity contribution in [2.75, 3.05) is 31.9 Å². The highest BCUT2D eigenvalue weighted by Gasteiger charge is 2.36. The summed E-state index contributed by atoms with van der Waals surface area (Å²) in [6, 6.07) is 16.1. The summed E-state index contributed by atoms with van der Waals surface area (Å²) in [5, 5.41) is 15.6. The van der Waals surface area contributed by atoms with Gasteiger partial charge >= 0.3 is 0 Å². The summed E-state index contributed by atoms with van der Waals surface area (Å²) in [4.78, 5) is 0. The highest BCUT2D eigenvalue weighted by molar-refractivity contribution is 5.48. The van der Waals surface area contributed by atoms with E-state index in [1.165, 1.54) is 5.56 Å². The fourth-order valence-corrected chi connectivity index (χ4v) is 3.84. The predicted molar refractivity (Wildman–Crippen MR) is 102 cm³/mol. The van der Waals surface area contributed by atoms with E-state index in [-0.39, 0.29) is 12.2 Å². The van der Waals surface area contributed by atoms with E-state index in [4.69, 9.17) is 14.2 Å². The number of para-hydroxylation sites is 1. The first-order valence-corrected chi connectivity index (χ1v) is 9.40. The van der Waals surface area contributed by atoms with Crippen molar-refractivity contribution in [1.29, 1.82) is 0 Å². The van der Waals surface area contributed by atoms with Gasteiger partial charge in [-0.1, -0.05) is 29.4 Å². The Morgan fingerprint density at radius 2 is 1.82 bits per heavy atom. The molecule has 1 N–H and O–H groups in total. The zero-order chi connectivity index (χ0) is 18.8. The molecule has 0 atom stereocenters. The minimum atomic E-state index is -0.0906. The van der Waals surface area contributed by atoms with Gasteiger partial charge in [-0.3, -0.25) is 0 Å². The lowest BCUT2D eigenvalue weighted by atomic mass is 9.74. The third-order valence-corrected chi connectivity index (χ3v) is 5.49. The van der Waals surface area contributed by atoms with E-state index >= 15 is 0 Å². The van der Waals surface area contributed by atoms with Crippen molar-refractivity contribution in [3.63, 3.8) is 0 Å². The van der Waals surface area contributed by atoms with Crippen molar-refractivity contribution in [3.8, 4) is 17.2 Å². The Kier molecular flexibility index (Phi) is 4.32. The fraction of sp³-hybridized carbons (Fsp3) is 0.350. The van der Waals surface area contributed by atoms with Gasteiger partial charge in [-0.15, -0.1) is 0 Å². The van der Waals surface area contributed by atoms with E-state index in [1.54, 1.807) is 4.68 Å². The maximum absolute atomic E-state index is 5.64. The number of anilines is 1. The van der Waals surface area contributed by atoms with Gasteiger partial charge in [0.1, 0.15) is 0 Å². The SMILES string of the molecule is c1ccc(-n2nnnc2NCC2(c3ccc4c(c3)OCO4)CCOCC2)cc1. The van der Waals surface area contributed by atoms with Crippen molar-refractivity contribution in [1.82, 2.24) is 20.2 Å². The normalized spacial score (nSPS) is 17.4. The van der Waals surface area contributed by atoms with Crippen LogP contribution in [0.5, 0.6) is 11.5 Å². The first kappa shape index (κ1) is 17.0. The van der Waals surface area contributed by atoms with E-state index in [2.05, 4.69) is 33.0 Å². The van der Waals surface area contributed by atoms with E-state index in [9.17, 15) is 0 Å². The molecular weight excluding hydrogens is 358 g/mol. The first-order valence-electron chi connectivity index (χ1n) is 9.40. The first-order chi connectivity index (χ1) is 13.8. The summed E-state index contributed by atoms with van der Waals surface area (Å²) in [5.41, 5.74) is 2.04. The summed E-state index contributed by atoms with van der Waals surface area (Å²) in [6.07, 6.45) is 1.82. The predicted octanol–water partition coefficient (Wildman–Crippen LogP) is 2.55. The van der Waals surface area contributed by atoms with Gasteiger partial charge < -0.3 is 19.5 Å². The molecule has 1 fully saturated rings. The second kappa shape index (κ2) is 7.12. The fourth-order valence-electron chi connectivity index (χ4n) is 3.84. The molecule has 1 saturated heterocycles. The van der Waals surface area contributed by atoms with Gasteiger partial charge in [0.2, 0.25) is 12.7 Å². The summed E-state index contributed by atoms with van der Waals surface area (Å²) >= 11 is 0. The highest BCUT2D eigenvalue weighted by Crippen LogP contribution is 2.41. The Labute approximate surface area is 162 Å². The zero-order valence-electron chi connectivity index (χ0n) is 15.4. The van der Waals surface area contributed by atoms with Crippen LogP contribution in [0.3, 0.4) is 0 Å². The smallest absolute Gasteiger partial charge is 0.247 e. The molecule has 1 aromatic heterocycles. The number of hydrogen-bond acceptors (Lipinski definition) is 7. The molecule has 28 heavy (non-hydrogen) atoms. The number of tetrazole rings is 1. The van der Waals surface area contributed by atoms with Crippen LogP contribution in [-0.2, 0) is 10.2 Å². The van der Waals surface area contributed by atoms with Crippen LogP contribution in [0.2, 0.25) is 0 Å². The van der Waals surface area contributed by atoms with E-state index in [1.807, 2.05) is 36.4 Å². The standard InChI is InChI=1S/C20H21N5O3/c1-2-4-16(5-3-1)25-19(22-23-24-25)21-13-20(8-10-26-11-9-20)15-6-7-17-18(12-15)28-14-27-17/h1-7,12H,8-11,13-14H2,(H,21,22,24). The number of nitrogens with zero attached hydrogens (tertiary/aromatic N) is 4. The van der Waals surface area contributed by atoms with Gasteiger partial charge in [-0.25, -0.2) is 0 Å². The zero-order valence-corrected chi connectivity index (χ0v) is 15.4. The monoisotopic (exact) mass is 379 g/mol. The molecule has 0 spiro atoms. The molecule has 0 radical (unpaired) electrons. The Morgan fingerprint density at radius 3 is 2.68 bits per heavy atom. The molecule has 3 heterocycles. The quantitative estimate of drug-likeness (QED) is 0.729. The van der Waals surface area contributed by atoms with Crippen LogP contribution in [-0.4, -0.2) is 46.8 Å². The Hall–Kier alpha value is -3.13. The molecule has 8 heteroatoms. The molecule has 0 unspecified atom stereocenters. The van der Waals surface area contributed by atoms with E-state index < -0.39 is 0 Å². The Bertz CT molecular complexity index is 953. The van der Waals surface area contributed by atoms with Crippen LogP contribution in [0.4, 0.5) is 5.95 Å². The molecule has 0 saturated carbocycles. The van der Waals surface area contributed by atoms with Gasteiger partial charge in [0.05, 0.1) is 5.69 Å². The van der Waals surface area contributed by atoms with Crippen molar-refractivity contribution in [3.05, 3.63) is 54.1 Å². The summed E-state index contributed by atoms with van der Waals surface area (Å²) in [5.74, 6) is 2.22. The Balaban J connectivity index is 1.42. The molecule has 0 aliphatic carbocycles. The van der Waals surface area contributed by atoms with Crippen LogP contribution in [0, 0.1) is 0 Å². The topological polar surface area (TPSA) is 83.3 Å². The number of rotatable bonds is 5. The van der Waals surface area contributed by atoms with Crippen LogP contribution in [0.1, 0.15) is 18.4 Å². The minimum Gasteiger partial charge on any atom is -0.454 e. The van der Waals surface area contributed by atoms with Crippen LogP contribution >= 0.6 is 0 Å². The number of aromatic nitrogens is 4. The lowest BCUT2D eigenvalue weighted by Gasteiger charge is -2.38. The molecule has 8 nitrogen and oxygen atoms in total. The molecular formula is C20H21N5O3. The third-order valence-electron chi connectivity index (χ3n) is 5.49. The number of fused-ring (bicyclic) bond motifs is 1. The van der Waals surface area contributed by atoms with E-state index in [0.29, 0.717) is 12.5 Å². The molecule has 2 aromatic carbocycles. The maximum Gasteiger partial charge on any atom is 0.247 e. The molecule has 3 aromatic rings. The van der Waals surface area contributed by atoms with Gasteiger partial charge in [-0.05, 0) is 53.1 Å². The summed E-state index contributed by atoms with van der Waals surface area (Å²) < 4.78 is 18.4. The second-order valence-corrected chi connectivity index (χ2v) is 7.06. The van der Waals surface area contributed by atoms with Crippen molar-refractivity contribution in [2.24, 2.45) is 0 Å². The molecule has 0 amide bonds. The lowest BCUT2D eigenvalue weighted by molar-refractivity contribution is 0.0542. The second-order valence-electron chi connectivity index (χ2n) is 7.06. The largest absolute Gasteiger partial charge is 0.454 e. The van der Waals surface area contributed by atoms with Crippen molar-refractivity contribution < 1.29 is 14.2 Å². The van der Waals surface area contributed by atoms with E-state index in [0.717, 1.165) is 43.2 Å². The van der Waals surface area contributed by atoms with Crippen LogP contribution < -0.4 is 14.8 Å². The third kappa shape index (κ3) is 3.05. The van der Waals surface area contributed by atoms with Gasteiger partial charge in [0, 0.05) is 25.2 Å².